The lowest BCUT2D eigenvalue weighted by Gasteiger charge is -2.12. The molecular formula is C25H16N4O3S2. The molecule has 1 N–H and O–H groups in total. The molecule has 9 heteroatoms. The van der Waals surface area contributed by atoms with Gasteiger partial charge in [0.05, 0.1) is 11.2 Å². The van der Waals surface area contributed by atoms with Gasteiger partial charge in [-0.2, -0.15) is 0 Å². The van der Waals surface area contributed by atoms with Gasteiger partial charge in [-0.05, 0) is 46.0 Å². The van der Waals surface area contributed by atoms with Crippen LogP contribution in [0.4, 0.5) is 5.69 Å². The summed E-state index contributed by atoms with van der Waals surface area (Å²) in [6.45, 7) is 0. The molecular weight excluding hydrogens is 468 g/mol. The second-order valence-corrected chi connectivity index (χ2v) is 10.3. The number of fused-ring (bicyclic) bond motifs is 3. The van der Waals surface area contributed by atoms with Gasteiger partial charge in [-0.1, -0.05) is 66.4 Å². The van der Waals surface area contributed by atoms with Gasteiger partial charge in [-0.15, -0.1) is 0 Å². The molecule has 7 nitrogen and oxygen atoms in total. The van der Waals surface area contributed by atoms with Gasteiger partial charge in [-0.3, -0.25) is 9.71 Å². The quantitative estimate of drug-likeness (QED) is 0.326. The molecule has 0 amide bonds. The third kappa shape index (κ3) is 3.55. The van der Waals surface area contributed by atoms with Crippen LogP contribution in [0.2, 0.25) is 0 Å². The molecule has 34 heavy (non-hydrogen) atoms. The smallest absolute Gasteiger partial charge is 0.264 e. The van der Waals surface area contributed by atoms with E-state index in [1.54, 1.807) is 18.3 Å². The molecule has 0 aliphatic heterocycles. The predicted molar refractivity (Wildman–Crippen MR) is 132 cm³/mol. The molecule has 0 atom stereocenters. The molecule has 4 aromatic carbocycles. The SMILES string of the molecule is O=S(=O)(Nc1cccc2ccccc12)c1ccc(Sc2cccc3cccnc23)c2nonc12. The Kier molecular flexibility index (Phi) is 4.93. The molecule has 0 saturated heterocycles. The molecule has 0 fully saturated rings. The number of rotatable bonds is 5. The third-order valence-electron chi connectivity index (χ3n) is 5.48. The molecule has 0 bridgehead atoms. The largest absolute Gasteiger partial charge is 0.279 e. The fourth-order valence-electron chi connectivity index (χ4n) is 3.91. The van der Waals surface area contributed by atoms with Crippen molar-refractivity contribution in [1.29, 1.82) is 0 Å². The molecule has 166 valence electrons. The predicted octanol–water partition coefficient (Wildman–Crippen LogP) is 5.88. The highest BCUT2D eigenvalue weighted by Gasteiger charge is 2.24. The molecule has 2 heterocycles. The van der Waals surface area contributed by atoms with E-state index >= 15 is 0 Å². The summed E-state index contributed by atoms with van der Waals surface area (Å²) in [7, 11) is -3.96. The number of benzene rings is 4. The molecule has 0 saturated carbocycles. The average molecular weight is 485 g/mol. The van der Waals surface area contributed by atoms with E-state index in [9.17, 15) is 8.42 Å². The second kappa shape index (κ2) is 8.12. The van der Waals surface area contributed by atoms with Crippen molar-refractivity contribution in [3.05, 3.63) is 91.1 Å². The summed E-state index contributed by atoms with van der Waals surface area (Å²) >= 11 is 1.44. The highest BCUT2D eigenvalue weighted by Crippen LogP contribution is 2.38. The minimum atomic E-state index is -3.96. The maximum atomic E-state index is 13.4. The number of pyridine rings is 1. The minimum Gasteiger partial charge on any atom is -0.279 e. The maximum Gasteiger partial charge on any atom is 0.264 e. The van der Waals surface area contributed by atoms with Gasteiger partial charge in [0.2, 0.25) is 0 Å². The zero-order chi connectivity index (χ0) is 23.1. The van der Waals surface area contributed by atoms with Gasteiger partial charge in [0.25, 0.3) is 10.0 Å². The number of para-hydroxylation sites is 1. The molecule has 6 aromatic rings. The van der Waals surface area contributed by atoms with E-state index < -0.39 is 10.0 Å². The van der Waals surface area contributed by atoms with Crippen molar-refractivity contribution in [3.63, 3.8) is 0 Å². The van der Waals surface area contributed by atoms with E-state index in [4.69, 9.17) is 4.63 Å². The Labute approximate surface area is 198 Å². The van der Waals surface area contributed by atoms with Crippen LogP contribution in [0.5, 0.6) is 0 Å². The molecule has 0 unspecified atom stereocenters. The number of aromatic nitrogens is 3. The first-order valence-electron chi connectivity index (χ1n) is 10.4. The lowest BCUT2D eigenvalue weighted by Crippen LogP contribution is -2.14. The Morgan fingerprint density at radius 2 is 1.44 bits per heavy atom. The normalized spacial score (nSPS) is 11.9. The molecule has 0 aliphatic rings. The fourth-order valence-corrected chi connectivity index (χ4v) is 6.14. The van der Waals surface area contributed by atoms with Gasteiger partial charge in [0.1, 0.15) is 4.90 Å². The van der Waals surface area contributed by atoms with Crippen molar-refractivity contribution in [1.82, 2.24) is 15.3 Å². The van der Waals surface area contributed by atoms with Crippen molar-refractivity contribution in [2.24, 2.45) is 0 Å². The first-order valence-corrected chi connectivity index (χ1v) is 12.7. The highest BCUT2D eigenvalue weighted by molar-refractivity contribution is 7.99. The Hall–Kier alpha value is -3.95. The zero-order valence-electron chi connectivity index (χ0n) is 17.5. The van der Waals surface area contributed by atoms with E-state index in [2.05, 4.69) is 20.0 Å². The monoisotopic (exact) mass is 484 g/mol. The number of anilines is 1. The number of nitrogens with zero attached hydrogens (tertiary/aromatic N) is 3. The summed E-state index contributed by atoms with van der Waals surface area (Å²) in [4.78, 5) is 6.13. The molecule has 2 aromatic heterocycles. The fraction of sp³-hybridized carbons (Fsp3) is 0. The third-order valence-corrected chi connectivity index (χ3v) is 7.98. The van der Waals surface area contributed by atoms with Crippen molar-refractivity contribution >= 4 is 60.2 Å². The summed E-state index contributed by atoms with van der Waals surface area (Å²) in [5.41, 5.74) is 1.89. The Morgan fingerprint density at radius 3 is 2.38 bits per heavy atom. The highest BCUT2D eigenvalue weighted by atomic mass is 32.2. The summed E-state index contributed by atoms with van der Waals surface area (Å²) in [6, 6.07) is 26.1. The van der Waals surface area contributed by atoms with Crippen LogP contribution >= 0.6 is 11.8 Å². The standard InChI is InChI=1S/C25H16N4O3S2/c30-34(31,29-19-11-3-7-16-6-1-2-10-18(16)19)22-14-13-21(24-25(22)28-32-27-24)33-20-12-4-8-17-9-5-15-26-23(17)20/h1-15,29H. The molecule has 0 radical (unpaired) electrons. The molecule has 6 rings (SSSR count). The van der Waals surface area contributed by atoms with Gasteiger partial charge in [0, 0.05) is 26.8 Å². The Morgan fingerprint density at radius 1 is 0.706 bits per heavy atom. The van der Waals surface area contributed by atoms with Gasteiger partial charge in [0.15, 0.2) is 11.0 Å². The number of sulfonamides is 1. The van der Waals surface area contributed by atoms with Crippen molar-refractivity contribution in [2.45, 2.75) is 14.7 Å². The maximum absolute atomic E-state index is 13.4. The Balaban J connectivity index is 1.41. The van der Waals surface area contributed by atoms with Crippen LogP contribution < -0.4 is 4.72 Å². The summed E-state index contributed by atoms with van der Waals surface area (Å²) < 4.78 is 34.4. The van der Waals surface area contributed by atoms with E-state index in [0.717, 1.165) is 31.5 Å². The van der Waals surface area contributed by atoms with Gasteiger partial charge >= 0.3 is 0 Å². The summed E-state index contributed by atoms with van der Waals surface area (Å²) in [5.74, 6) is 0. The first-order chi connectivity index (χ1) is 16.6. The van der Waals surface area contributed by atoms with Crippen LogP contribution in [0.3, 0.4) is 0 Å². The Bertz CT molecular complexity index is 1790. The zero-order valence-corrected chi connectivity index (χ0v) is 19.2. The number of hydrogen-bond acceptors (Lipinski definition) is 7. The van der Waals surface area contributed by atoms with Crippen LogP contribution in [-0.2, 0) is 10.0 Å². The number of nitrogens with one attached hydrogen (secondary N) is 1. The van der Waals surface area contributed by atoms with Crippen LogP contribution in [0.15, 0.2) is 110 Å². The van der Waals surface area contributed by atoms with Crippen molar-refractivity contribution < 1.29 is 13.0 Å². The van der Waals surface area contributed by atoms with Crippen LogP contribution in [0.1, 0.15) is 0 Å². The average Bonchev–Trinajstić information content (AvgIpc) is 3.35. The van der Waals surface area contributed by atoms with E-state index in [0.29, 0.717) is 11.2 Å². The molecule has 0 spiro atoms. The van der Waals surface area contributed by atoms with Crippen LogP contribution in [0, 0.1) is 0 Å². The van der Waals surface area contributed by atoms with E-state index in [-0.39, 0.29) is 10.4 Å². The van der Waals surface area contributed by atoms with E-state index in [1.807, 2.05) is 66.7 Å². The lowest BCUT2D eigenvalue weighted by molar-refractivity contribution is 0.314. The van der Waals surface area contributed by atoms with Crippen molar-refractivity contribution in [2.75, 3.05) is 4.72 Å². The summed E-state index contributed by atoms with van der Waals surface area (Å²) in [6.07, 6.45) is 1.74. The number of hydrogen-bond donors (Lipinski definition) is 1. The minimum absolute atomic E-state index is 0.00270. The van der Waals surface area contributed by atoms with Crippen molar-refractivity contribution in [3.8, 4) is 0 Å². The summed E-state index contributed by atoms with van der Waals surface area (Å²) in [5, 5.41) is 10.7. The molecule has 0 aliphatic carbocycles. The first kappa shape index (κ1) is 20.6. The van der Waals surface area contributed by atoms with Gasteiger partial charge < -0.3 is 0 Å². The van der Waals surface area contributed by atoms with Crippen LogP contribution in [0.25, 0.3) is 32.7 Å². The topological polar surface area (TPSA) is 98.0 Å². The van der Waals surface area contributed by atoms with E-state index in [1.165, 1.54) is 17.8 Å². The van der Waals surface area contributed by atoms with Crippen LogP contribution in [-0.4, -0.2) is 23.7 Å². The second-order valence-electron chi connectivity index (χ2n) is 7.59. The lowest BCUT2D eigenvalue weighted by atomic mass is 10.1. The van der Waals surface area contributed by atoms with Gasteiger partial charge in [-0.25, -0.2) is 13.0 Å².